The number of fused-ring (bicyclic) bond motifs is 1. The van der Waals surface area contributed by atoms with Crippen LogP contribution in [0.3, 0.4) is 0 Å². The maximum absolute atomic E-state index is 4.98. The maximum Gasteiger partial charge on any atom is 1.00 e. The number of H-pyrrole nitrogens is 1. The van der Waals surface area contributed by atoms with E-state index in [-0.39, 0.29) is 48.1 Å². The zero-order chi connectivity index (χ0) is 6.97. The Kier molecular flexibility index (Phi) is 5.95. The van der Waals surface area contributed by atoms with Crippen molar-refractivity contribution >= 4 is 33.8 Å². The Bertz CT molecular complexity index is 378. The van der Waals surface area contributed by atoms with Gasteiger partial charge in [0, 0.05) is 17.1 Å². The molecule has 0 bridgehead atoms. The molecule has 0 unspecified atom stereocenters. The number of hydrogen-bond donors (Lipinski definition) is 1. The predicted molar refractivity (Wildman–Crippen MR) is 48.1 cm³/mol. The van der Waals surface area contributed by atoms with Crippen molar-refractivity contribution in [3.05, 3.63) is 28.2 Å². The summed E-state index contributed by atoms with van der Waals surface area (Å²) in [4.78, 5) is 3.09. The van der Waals surface area contributed by atoms with Gasteiger partial charge in [-0.05, 0) is 24.4 Å². The largest absolute Gasteiger partial charge is 1.00 e. The average Bonchev–Trinajstić information content (AvgIpc) is 2.27. The van der Waals surface area contributed by atoms with Crippen molar-refractivity contribution in [2.75, 3.05) is 0 Å². The van der Waals surface area contributed by atoms with Gasteiger partial charge in [-0.2, -0.15) is 0 Å². The van der Waals surface area contributed by atoms with Gasteiger partial charge in [0.15, 0.2) is 3.95 Å². The van der Waals surface area contributed by atoms with Gasteiger partial charge in [-0.3, -0.25) is 0 Å². The molecule has 1 radical (unpaired) electrons. The maximum atomic E-state index is 4.98. The number of thiazole rings is 1. The summed E-state index contributed by atoms with van der Waals surface area (Å²) < 4.78 is 2.08. The molecule has 0 amide bonds. The van der Waals surface area contributed by atoms with Gasteiger partial charge in [0.1, 0.15) is 0 Å². The van der Waals surface area contributed by atoms with Crippen LogP contribution in [-0.4, -0.2) is 4.98 Å². The molecule has 0 fully saturated rings. The standard InChI is InChI=1S/C7H5NS2.Cu.Na.H/c9-7-8-5-3-1-2-4-6(5)10-7;;;/h1-4H,(H,8,9);;;/q;;+1;-1. The van der Waals surface area contributed by atoms with Crippen molar-refractivity contribution in [3.8, 4) is 0 Å². The summed E-state index contributed by atoms with van der Waals surface area (Å²) in [5.74, 6) is 0. The van der Waals surface area contributed by atoms with E-state index in [2.05, 4.69) is 11.1 Å². The monoisotopic (exact) mass is 254 g/mol. The number of hydrogen-bond acceptors (Lipinski definition) is 2. The molecule has 63 valence electrons. The summed E-state index contributed by atoms with van der Waals surface area (Å²) in [5.41, 5.74) is 1.14. The van der Waals surface area contributed by atoms with Crippen molar-refractivity contribution in [2.45, 2.75) is 0 Å². The molecule has 1 N–H and O–H groups in total. The molecule has 12 heavy (non-hydrogen) atoms. The molecule has 0 aliphatic rings. The number of benzene rings is 1. The molecule has 2 rings (SSSR count). The summed E-state index contributed by atoms with van der Waals surface area (Å²) >= 11 is 6.59. The van der Waals surface area contributed by atoms with Crippen LogP contribution in [0.25, 0.3) is 10.2 Å². The molecule has 0 aliphatic heterocycles. The van der Waals surface area contributed by atoms with E-state index < -0.39 is 0 Å². The van der Waals surface area contributed by atoms with E-state index in [9.17, 15) is 0 Å². The van der Waals surface area contributed by atoms with Crippen LogP contribution in [0, 0.1) is 3.95 Å². The normalized spacial score (nSPS) is 8.67. The first-order valence-electron chi connectivity index (χ1n) is 2.94. The second-order valence-electron chi connectivity index (χ2n) is 2.01. The molecular formula is C7H6CuNNaS2. The van der Waals surface area contributed by atoms with Crippen molar-refractivity contribution in [2.24, 2.45) is 0 Å². The van der Waals surface area contributed by atoms with Crippen LogP contribution in [-0.2, 0) is 17.1 Å². The van der Waals surface area contributed by atoms with Crippen LogP contribution >= 0.6 is 23.6 Å². The number of aromatic nitrogens is 1. The predicted octanol–water partition coefficient (Wildman–Crippen LogP) is 0.0729. The Balaban J connectivity index is 0. The summed E-state index contributed by atoms with van der Waals surface area (Å²) in [6.45, 7) is 0. The van der Waals surface area contributed by atoms with E-state index in [1.165, 1.54) is 4.70 Å². The summed E-state index contributed by atoms with van der Waals surface area (Å²) in [7, 11) is 0. The van der Waals surface area contributed by atoms with Crippen LogP contribution in [0.1, 0.15) is 1.43 Å². The summed E-state index contributed by atoms with van der Waals surface area (Å²) in [6, 6.07) is 8.11. The molecule has 0 aliphatic carbocycles. The third-order valence-electron chi connectivity index (χ3n) is 1.33. The molecule has 1 heterocycles. The van der Waals surface area contributed by atoms with E-state index >= 15 is 0 Å². The molecule has 1 aromatic carbocycles. The van der Waals surface area contributed by atoms with Gasteiger partial charge in [0.05, 0.1) is 10.2 Å². The fraction of sp³-hybridized carbons (Fsp3) is 0. The van der Waals surface area contributed by atoms with Crippen molar-refractivity contribution in [1.82, 2.24) is 4.98 Å². The molecule has 0 saturated heterocycles. The van der Waals surface area contributed by atoms with Gasteiger partial charge in [0.25, 0.3) is 0 Å². The molecule has 0 saturated carbocycles. The van der Waals surface area contributed by atoms with E-state index in [4.69, 9.17) is 12.2 Å². The topological polar surface area (TPSA) is 15.8 Å². The van der Waals surface area contributed by atoms with Crippen LogP contribution in [0.4, 0.5) is 0 Å². The number of aromatic amines is 1. The number of nitrogens with one attached hydrogen (secondary N) is 1. The third-order valence-corrected chi connectivity index (χ3v) is 2.54. The minimum Gasteiger partial charge on any atom is -1.00 e. The van der Waals surface area contributed by atoms with Crippen molar-refractivity contribution < 1.29 is 48.1 Å². The zero-order valence-corrected chi connectivity index (χ0v) is 11.0. The minimum absolute atomic E-state index is 0. The SMILES string of the molecule is S=c1[nH]c2ccccc2s1.[Cu].[H-].[Na+]. The minimum atomic E-state index is 0. The van der Waals surface area contributed by atoms with Crippen LogP contribution in [0.15, 0.2) is 24.3 Å². The third kappa shape index (κ3) is 2.67. The number of para-hydroxylation sites is 1. The zero-order valence-electron chi connectivity index (χ0n) is 7.43. The molecule has 5 heteroatoms. The van der Waals surface area contributed by atoms with Crippen molar-refractivity contribution in [1.29, 1.82) is 0 Å². The quantitative estimate of drug-likeness (QED) is 0.520. The summed E-state index contributed by atoms with van der Waals surface area (Å²) in [5, 5.41) is 0. The first-order valence-corrected chi connectivity index (χ1v) is 4.16. The number of rotatable bonds is 0. The second-order valence-corrected chi connectivity index (χ2v) is 3.73. The molecule has 1 nitrogen and oxygen atoms in total. The Morgan fingerprint density at radius 1 is 1.33 bits per heavy atom. The Morgan fingerprint density at radius 2 is 2.00 bits per heavy atom. The average molecular weight is 255 g/mol. The van der Waals surface area contributed by atoms with E-state index in [1.54, 1.807) is 11.3 Å². The molecule has 2 aromatic rings. The van der Waals surface area contributed by atoms with Gasteiger partial charge >= 0.3 is 29.6 Å². The second kappa shape index (κ2) is 5.55. The van der Waals surface area contributed by atoms with E-state index in [0.717, 1.165) is 9.47 Å². The summed E-state index contributed by atoms with van der Waals surface area (Å²) in [6.07, 6.45) is 0. The van der Waals surface area contributed by atoms with Crippen LogP contribution < -0.4 is 29.6 Å². The Morgan fingerprint density at radius 3 is 2.67 bits per heavy atom. The van der Waals surface area contributed by atoms with Crippen LogP contribution in [0.5, 0.6) is 0 Å². The van der Waals surface area contributed by atoms with Crippen molar-refractivity contribution in [3.63, 3.8) is 0 Å². The fourth-order valence-corrected chi connectivity index (χ4v) is 2.01. The molecular weight excluding hydrogens is 249 g/mol. The molecule has 0 spiro atoms. The smallest absolute Gasteiger partial charge is 1.00 e. The Hall–Kier alpha value is 0.849. The van der Waals surface area contributed by atoms with Gasteiger partial charge in [-0.1, -0.05) is 12.1 Å². The first kappa shape index (κ1) is 12.8. The van der Waals surface area contributed by atoms with E-state index in [0.29, 0.717) is 0 Å². The molecule has 1 aromatic heterocycles. The fourth-order valence-electron chi connectivity index (χ4n) is 0.894. The van der Waals surface area contributed by atoms with Gasteiger partial charge in [0.2, 0.25) is 0 Å². The van der Waals surface area contributed by atoms with Gasteiger partial charge in [-0.25, -0.2) is 0 Å². The van der Waals surface area contributed by atoms with Gasteiger partial charge < -0.3 is 6.41 Å². The first-order chi connectivity index (χ1) is 4.86. The molecule has 0 atom stereocenters. The van der Waals surface area contributed by atoms with Crippen LogP contribution in [0.2, 0.25) is 0 Å². The van der Waals surface area contributed by atoms with Gasteiger partial charge in [-0.15, -0.1) is 11.3 Å². The van der Waals surface area contributed by atoms with E-state index in [1.807, 2.05) is 18.2 Å². The Labute approximate surface area is 114 Å².